The molecule has 1 aromatic carbocycles. The van der Waals surface area contributed by atoms with Crippen LogP contribution in [0.25, 0.3) is 0 Å². The third-order valence-electron chi connectivity index (χ3n) is 3.44. The minimum absolute atomic E-state index is 0. The molecule has 0 radical (unpaired) electrons. The number of benzene rings is 1. The molecule has 1 aliphatic rings. The van der Waals surface area contributed by atoms with Gasteiger partial charge in [-0.3, -0.25) is 0 Å². The Morgan fingerprint density at radius 3 is 2.65 bits per heavy atom. The highest BCUT2D eigenvalue weighted by molar-refractivity contribution is 5.85. The Kier molecular flexibility index (Phi) is 5.37. The normalized spacial score (nSPS) is 25.4. The predicted octanol–water partition coefficient (Wildman–Crippen LogP) is 2.21. The van der Waals surface area contributed by atoms with Crippen LogP contribution in [0.3, 0.4) is 0 Å². The van der Waals surface area contributed by atoms with Gasteiger partial charge in [0.15, 0.2) is 0 Å². The number of nitrogens with zero attached hydrogens (tertiary/aromatic N) is 1. The van der Waals surface area contributed by atoms with Crippen LogP contribution in [0.2, 0.25) is 0 Å². The van der Waals surface area contributed by atoms with Crippen molar-refractivity contribution in [3.05, 3.63) is 35.6 Å². The van der Waals surface area contributed by atoms with E-state index in [1.807, 2.05) is 12.1 Å². The van der Waals surface area contributed by atoms with Gasteiger partial charge in [0.25, 0.3) is 0 Å². The molecule has 0 aliphatic carbocycles. The summed E-state index contributed by atoms with van der Waals surface area (Å²) in [6, 6.07) is 7.60. The van der Waals surface area contributed by atoms with E-state index >= 15 is 0 Å². The van der Waals surface area contributed by atoms with Crippen LogP contribution in [0.15, 0.2) is 24.3 Å². The maximum absolute atomic E-state index is 12.8. The van der Waals surface area contributed by atoms with Gasteiger partial charge in [-0.25, -0.2) is 4.39 Å². The third kappa shape index (κ3) is 3.95. The summed E-state index contributed by atoms with van der Waals surface area (Å²) in [7, 11) is 2.14. The van der Waals surface area contributed by atoms with Gasteiger partial charge in [0.2, 0.25) is 0 Å². The van der Waals surface area contributed by atoms with Crippen molar-refractivity contribution in [1.82, 2.24) is 4.90 Å². The Labute approximate surface area is 108 Å². The molecular weight excluding hydrogens is 239 g/mol. The van der Waals surface area contributed by atoms with Crippen molar-refractivity contribution in [2.45, 2.75) is 31.3 Å². The third-order valence-corrected chi connectivity index (χ3v) is 3.44. The van der Waals surface area contributed by atoms with Gasteiger partial charge in [0.05, 0.1) is 0 Å². The van der Waals surface area contributed by atoms with Gasteiger partial charge in [0.1, 0.15) is 5.82 Å². The molecule has 1 aromatic rings. The lowest BCUT2D eigenvalue weighted by Gasteiger charge is -2.35. The average Bonchev–Trinajstić information content (AvgIpc) is 2.27. The molecule has 2 N–H and O–H groups in total. The van der Waals surface area contributed by atoms with Gasteiger partial charge in [-0.15, -0.1) is 12.4 Å². The molecule has 0 spiro atoms. The summed E-state index contributed by atoms with van der Waals surface area (Å²) in [5.41, 5.74) is 7.17. The van der Waals surface area contributed by atoms with Crippen molar-refractivity contribution in [1.29, 1.82) is 0 Å². The van der Waals surface area contributed by atoms with E-state index in [1.165, 1.54) is 17.7 Å². The Morgan fingerprint density at radius 1 is 1.35 bits per heavy atom. The number of rotatable bonds is 2. The SMILES string of the molecule is CN1CCC(N)CC1Cc1ccc(F)cc1.Cl. The number of hydrogen-bond acceptors (Lipinski definition) is 2. The largest absolute Gasteiger partial charge is 0.328 e. The highest BCUT2D eigenvalue weighted by atomic mass is 35.5. The molecule has 96 valence electrons. The molecule has 1 aliphatic heterocycles. The second-order valence-corrected chi connectivity index (χ2v) is 4.75. The van der Waals surface area contributed by atoms with Gasteiger partial charge in [0, 0.05) is 12.1 Å². The van der Waals surface area contributed by atoms with E-state index in [0.717, 1.165) is 25.8 Å². The highest BCUT2D eigenvalue weighted by Gasteiger charge is 2.23. The van der Waals surface area contributed by atoms with Crippen LogP contribution in [-0.4, -0.2) is 30.6 Å². The van der Waals surface area contributed by atoms with Crippen molar-refractivity contribution < 1.29 is 4.39 Å². The van der Waals surface area contributed by atoms with Crippen LogP contribution in [0.1, 0.15) is 18.4 Å². The van der Waals surface area contributed by atoms with Gasteiger partial charge in [-0.05, 0) is 50.6 Å². The zero-order valence-electron chi connectivity index (χ0n) is 10.1. The monoisotopic (exact) mass is 258 g/mol. The molecule has 0 bridgehead atoms. The van der Waals surface area contributed by atoms with Gasteiger partial charge in [-0.2, -0.15) is 0 Å². The summed E-state index contributed by atoms with van der Waals surface area (Å²) in [4.78, 5) is 2.35. The van der Waals surface area contributed by atoms with Crippen LogP contribution in [0, 0.1) is 5.82 Å². The van der Waals surface area contributed by atoms with Crippen molar-refractivity contribution in [2.75, 3.05) is 13.6 Å². The van der Waals surface area contributed by atoms with E-state index in [2.05, 4.69) is 11.9 Å². The smallest absolute Gasteiger partial charge is 0.123 e. The van der Waals surface area contributed by atoms with Crippen molar-refractivity contribution in [3.8, 4) is 0 Å². The number of likely N-dealkylation sites (tertiary alicyclic amines) is 1. The number of hydrogen-bond donors (Lipinski definition) is 1. The van der Waals surface area contributed by atoms with Crippen LogP contribution >= 0.6 is 12.4 Å². The van der Waals surface area contributed by atoms with Gasteiger partial charge >= 0.3 is 0 Å². The summed E-state index contributed by atoms with van der Waals surface area (Å²) in [5.74, 6) is -0.169. The first kappa shape index (κ1) is 14.4. The zero-order valence-corrected chi connectivity index (χ0v) is 10.9. The maximum atomic E-state index is 12.8. The standard InChI is InChI=1S/C13H19FN2.ClH/c1-16-7-6-12(15)9-13(16)8-10-2-4-11(14)5-3-10;/h2-5,12-13H,6-9,15H2,1H3;1H. The molecule has 1 saturated heterocycles. The second-order valence-electron chi connectivity index (χ2n) is 4.75. The maximum Gasteiger partial charge on any atom is 0.123 e. The molecule has 1 fully saturated rings. The lowest BCUT2D eigenvalue weighted by molar-refractivity contribution is 0.169. The van der Waals surface area contributed by atoms with Crippen molar-refractivity contribution in [3.63, 3.8) is 0 Å². The van der Waals surface area contributed by atoms with Gasteiger partial charge in [-0.1, -0.05) is 12.1 Å². The Bertz CT molecular complexity index is 342. The van der Waals surface area contributed by atoms with Crippen LogP contribution in [0.5, 0.6) is 0 Å². The van der Waals surface area contributed by atoms with E-state index in [-0.39, 0.29) is 18.2 Å². The van der Waals surface area contributed by atoms with Crippen molar-refractivity contribution in [2.24, 2.45) is 5.73 Å². The molecule has 2 unspecified atom stereocenters. The molecule has 17 heavy (non-hydrogen) atoms. The topological polar surface area (TPSA) is 29.3 Å². The van der Waals surface area contributed by atoms with Crippen LogP contribution in [0.4, 0.5) is 4.39 Å². The summed E-state index contributed by atoms with van der Waals surface area (Å²) < 4.78 is 12.8. The van der Waals surface area contributed by atoms with Crippen LogP contribution in [-0.2, 0) is 6.42 Å². The van der Waals surface area contributed by atoms with Crippen molar-refractivity contribution >= 4 is 12.4 Å². The number of halogens is 2. The first-order valence-electron chi connectivity index (χ1n) is 5.85. The lowest BCUT2D eigenvalue weighted by atomic mass is 9.93. The quantitative estimate of drug-likeness (QED) is 0.881. The first-order valence-corrected chi connectivity index (χ1v) is 5.85. The Morgan fingerprint density at radius 2 is 2.00 bits per heavy atom. The average molecular weight is 259 g/mol. The zero-order chi connectivity index (χ0) is 11.5. The molecule has 4 heteroatoms. The first-order chi connectivity index (χ1) is 7.65. The molecule has 2 rings (SSSR count). The number of piperidine rings is 1. The summed E-state index contributed by atoms with van der Waals surface area (Å²) in [6.45, 7) is 1.06. The van der Waals surface area contributed by atoms with Crippen LogP contribution < -0.4 is 5.73 Å². The molecular formula is C13H20ClFN2. The van der Waals surface area contributed by atoms with E-state index in [1.54, 1.807) is 0 Å². The fourth-order valence-electron chi connectivity index (χ4n) is 2.33. The molecule has 2 nitrogen and oxygen atoms in total. The summed E-state index contributed by atoms with van der Waals surface area (Å²) in [5, 5.41) is 0. The molecule has 0 saturated carbocycles. The number of nitrogens with two attached hydrogens (primary N) is 1. The molecule has 0 aromatic heterocycles. The minimum Gasteiger partial charge on any atom is -0.328 e. The summed E-state index contributed by atoms with van der Waals surface area (Å²) in [6.07, 6.45) is 3.08. The van der Waals surface area contributed by atoms with Gasteiger partial charge < -0.3 is 10.6 Å². The lowest BCUT2D eigenvalue weighted by Crippen LogP contribution is -2.45. The van der Waals surface area contributed by atoms with E-state index in [9.17, 15) is 4.39 Å². The summed E-state index contributed by atoms with van der Waals surface area (Å²) >= 11 is 0. The molecule has 2 atom stereocenters. The van der Waals surface area contributed by atoms with E-state index < -0.39 is 0 Å². The van der Waals surface area contributed by atoms with E-state index in [0.29, 0.717) is 12.1 Å². The van der Waals surface area contributed by atoms with E-state index in [4.69, 9.17) is 5.73 Å². The molecule has 1 heterocycles. The molecule has 0 amide bonds. The highest BCUT2D eigenvalue weighted by Crippen LogP contribution is 2.18. The second kappa shape index (κ2) is 6.34. The predicted molar refractivity (Wildman–Crippen MR) is 71.0 cm³/mol. The minimum atomic E-state index is -0.169. The Hall–Kier alpha value is -0.640. The fraction of sp³-hybridized carbons (Fsp3) is 0.538. The number of likely N-dealkylation sites (N-methyl/N-ethyl adjacent to an activating group) is 1. The Balaban J connectivity index is 0.00000144. The fourth-order valence-corrected chi connectivity index (χ4v) is 2.33.